The van der Waals surface area contributed by atoms with Gasteiger partial charge in [0, 0.05) is 24.3 Å². The number of anilines is 1. The van der Waals surface area contributed by atoms with E-state index in [1.165, 1.54) is 25.7 Å². The Morgan fingerprint density at radius 2 is 2.00 bits per heavy atom. The molecule has 1 aliphatic carbocycles. The Balaban J connectivity index is 1.83. The standard InChI is InChI=1S/C17H25ClN2O/c1-12-3-5-13(6-4-12)9-10-20-17(21)15-11-14(18)7-8-16(15)19-2/h7-8,11-13,19H,3-6,9-10H2,1-2H3,(H,20,21). The molecule has 0 radical (unpaired) electrons. The lowest BCUT2D eigenvalue weighted by atomic mass is 9.81. The number of nitrogens with one attached hydrogen (secondary N) is 2. The third kappa shape index (κ3) is 4.63. The number of rotatable bonds is 5. The lowest BCUT2D eigenvalue weighted by Gasteiger charge is -2.26. The van der Waals surface area contributed by atoms with Gasteiger partial charge >= 0.3 is 0 Å². The van der Waals surface area contributed by atoms with Gasteiger partial charge < -0.3 is 10.6 Å². The van der Waals surface area contributed by atoms with Crippen molar-refractivity contribution in [2.45, 2.75) is 39.0 Å². The van der Waals surface area contributed by atoms with E-state index in [1.54, 1.807) is 12.1 Å². The zero-order valence-electron chi connectivity index (χ0n) is 12.9. The van der Waals surface area contributed by atoms with Crippen molar-refractivity contribution in [3.63, 3.8) is 0 Å². The van der Waals surface area contributed by atoms with Crippen molar-refractivity contribution in [2.24, 2.45) is 11.8 Å². The molecule has 0 spiro atoms. The number of hydrogen-bond acceptors (Lipinski definition) is 2. The first kappa shape index (κ1) is 16.2. The van der Waals surface area contributed by atoms with Gasteiger partial charge in [0.15, 0.2) is 0 Å². The number of amides is 1. The highest BCUT2D eigenvalue weighted by Gasteiger charge is 2.18. The zero-order valence-corrected chi connectivity index (χ0v) is 13.7. The van der Waals surface area contributed by atoms with Crippen LogP contribution in [0.25, 0.3) is 0 Å². The van der Waals surface area contributed by atoms with E-state index in [0.29, 0.717) is 10.6 Å². The van der Waals surface area contributed by atoms with Crippen LogP contribution < -0.4 is 10.6 Å². The molecule has 1 aromatic carbocycles. The lowest BCUT2D eigenvalue weighted by Crippen LogP contribution is -2.27. The Morgan fingerprint density at radius 1 is 1.29 bits per heavy atom. The highest BCUT2D eigenvalue weighted by Crippen LogP contribution is 2.30. The van der Waals surface area contributed by atoms with Gasteiger partial charge in [-0.15, -0.1) is 0 Å². The third-order valence-corrected chi connectivity index (χ3v) is 4.70. The molecule has 0 saturated heterocycles. The Hall–Kier alpha value is -1.22. The maximum Gasteiger partial charge on any atom is 0.253 e. The average molecular weight is 309 g/mol. The smallest absolute Gasteiger partial charge is 0.253 e. The molecule has 2 rings (SSSR count). The van der Waals surface area contributed by atoms with E-state index >= 15 is 0 Å². The minimum absolute atomic E-state index is 0.0500. The molecule has 116 valence electrons. The summed E-state index contributed by atoms with van der Waals surface area (Å²) in [6.45, 7) is 3.07. The molecule has 1 amide bonds. The summed E-state index contributed by atoms with van der Waals surface area (Å²) in [5, 5.41) is 6.63. The predicted molar refractivity (Wildman–Crippen MR) is 89.1 cm³/mol. The third-order valence-electron chi connectivity index (χ3n) is 4.47. The zero-order chi connectivity index (χ0) is 15.2. The number of halogens is 1. The van der Waals surface area contributed by atoms with Crippen LogP contribution in [0, 0.1) is 11.8 Å². The van der Waals surface area contributed by atoms with Gasteiger partial charge in [0.2, 0.25) is 0 Å². The van der Waals surface area contributed by atoms with E-state index in [0.717, 1.165) is 30.5 Å². The number of carbonyl (C=O) groups excluding carboxylic acids is 1. The molecule has 4 heteroatoms. The van der Waals surface area contributed by atoms with Gasteiger partial charge in [0.05, 0.1) is 5.56 Å². The van der Waals surface area contributed by atoms with Crippen molar-refractivity contribution in [3.8, 4) is 0 Å². The molecule has 1 aromatic rings. The predicted octanol–water partition coefficient (Wildman–Crippen LogP) is 4.33. The van der Waals surface area contributed by atoms with Crippen LogP contribution in [0.5, 0.6) is 0 Å². The number of benzene rings is 1. The Labute approximate surface area is 132 Å². The molecule has 0 unspecified atom stereocenters. The van der Waals surface area contributed by atoms with Crippen LogP contribution in [0.4, 0.5) is 5.69 Å². The molecule has 0 aromatic heterocycles. The summed E-state index contributed by atoms with van der Waals surface area (Å²) >= 11 is 5.98. The fourth-order valence-electron chi connectivity index (χ4n) is 3.03. The summed E-state index contributed by atoms with van der Waals surface area (Å²) in [5.41, 5.74) is 1.42. The van der Waals surface area contributed by atoms with Gasteiger partial charge in [-0.1, -0.05) is 44.2 Å². The Morgan fingerprint density at radius 3 is 2.67 bits per heavy atom. The Kier molecular flexibility index (Phi) is 5.92. The topological polar surface area (TPSA) is 41.1 Å². The van der Waals surface area contributed by atoms with Crippen LogP contribution in [-0.2, 0) is 0 Å². The first-order chi connectivity index (χ1) is 10.1. The van der Waals surface area contributed by atoms with Crippen molar-refractivity contribution < 1.29 is 4.79 Å². The van der Waals surface area contributed by atoms with Gasteiger partial charge in [-0.2, -0.15) is 0 Å². The summed E-state index contributed by atoms with van der Waals surface area (Å²) in [6.07, 6.45) is 6.34. The van der Waals surface area contributed by atoms with Gasteiger partial charge in [0.1, 0.15) is 0 Å². The maximum absolute atomic E-state index is 12.3. The molecule has 3 nitrogen and oxygen atoms in total. The molecule has 0 bridgehead atoms. The van der Waals surface area contributed by atoms with Crippen LogP contribution in [-0.4, -0.2) is 19.5 Å². The molecular weight excluding hydrogens is 284 g/mol. The summed E-state index contributed by atoms with van der Waals surface area (Å²) < 4.78 is 0. The summed E-state index contributed by atoms with van der Waals surface area (Å²) in [7, 11) is 1.81. The highest BCUT2D eigenvalue weighted by atomic mass is 35.5. The van der Waals surface area contributed by atoms with Crippen LogP contribution in [0.2, 0.25) is 5.02 Å². The second kappa shape index (κ2) is 7.69. The van der Waals surface area contributed by atoms with Crippen molar-refractivity contribution in [2.75, 3.05) is 18.9 Å². The molecule has 1 aliphatic rings. The first-order valence-electron chi connectivity index (χ1n) is 7.85. The normalized spacial score (nSPS) is 21.9. The van der Waals surface area contributed by atoms with E-state index in [-0.39, 0.29) is 5.91 Å². The van der Waals surface area contributed by atoms with Gasteiger partial charge in [-0.3, -0.25) is 4.79 Å². The number of carbonyl (C=O) groups is 1. The SMILES string of the molecule is CNc1ccc(Cl)cc1C(=O)NCCC1CCC(C)CC1. The van der Waals surface area contributed by atoms with E-state index in [1.807, 2.05) is 13.1 Å². The van der Waals surface area contributed by atoms with Crippen LogP contribution in [0.3, 0.4) is 0 Å². The molecule has 0 heterocycles. The quantitative estimate of drug-likeness (QED) is 0.850. The van der Waals surface area contributed by atoms with Crippen molar-refractivity contribution in [1.82, 2.24) is 5.32 Å². The summed E-state index contributed by atoms with van der Waals surface area (Å²) in [6, 6.07) is 5.33. The number of hydrogen-bond donors (Lipinski definition) is 2. The van der Waals surface area contributed by atoms with Crippen LogP contribution in [0.1, 0.15) is 49.4 Å². The molecule has 0 atom stereocenters. The van der Waals surface area contributed by atoms with Crippen molar-refractivity contribution >= 4 is 23.2 Å². The average Bonchev–Trinajstić information content (AvgIpc) is 2.49. The largest absolute Gasteiger partial charge is 0.387 e. The molecule has 1 fully saturated rings. The van der Waals surface area contributed by atoms with E-state index in [9.17, 15) is 4.79 Å². The molecule has 1 saturated carbocycles. The second-order valence-electron chi connectivity index (χ2n) is 6.11. The Bertz CT molecular complexity index is 482. The molecule has 0 aliphatic heterocycles. The van der Waals surface area contributed by atoms with E-state index in [4.69, 9.17) is 11.6 Å². The second-order valence-corrected chi connectivity index (χ2v) is 6.55. The van der Waals surface area contributed by atoms with Crippen molar-refractivity contribution in [3.05, 3.63) is 28.8 Å². The van der Waals surface area contributed by atoms with Gasteiger partial charge in [-0.05, 0) is 36.5 Å². The van der Waals surface area contributed by atoms with E-state index < -0.39 is 0 Å². The highest BCUT2D eigenvalue weighted by molar-refractivity contribution is 6.31. The summed E-state index contributed by atoms with van der Waals surface area (Å²) in [4.78, 5) is 12.3. The fraction of sp³-hybridized carbons (Fsp3) is 0.588. The molecule has 2 N–H and O–H groups in total. The van der Waals surface area contributed by atoms with Gasteiger partial charge in [0.25, 0.3) is 5.91 Å². The molecular formula is C17H25ClN2O. The summed E-state index contributed by atoms with van der Waals surface area (Å²) in [5.74, 6) is 1.59. The van der Waals surface area contributed by atoms with Crippen molar-refractivity contribution in [1.29, 1.82) is 0 Å². The van der Waals surface area contributed by atoms with Crippen LogP contribution >= 0.6 is 11.6 Å². The minimum Gasteiger partial charge on any atom is -0.387 e. The van der Waals surface area contributed by atoms with E-state index in [2.05, 4.69) is 17.6 Å². The first-order valence-corrected chi connectivity index (χ1v) is 8.23. The maximum atomic E-state index is 12.3. The van der Waals surface area contributed by atoms with Gasteiger partial charge in [-0.25, -0.2) is 0 Å². The fourth-order valence-corrected chi connectivity index (χ4v) is 3.20. The monoisotopic (exact) mass is 308 g/mol. The molecule has 21 heavy (non-hydrogen) atoms. The van der Waals surface area contributed by atoms with Crippen LogP contribution in [0.15, 0.2) is 18.2 Å². The minimum atomic E-state index is -0.0500. The lowest BCUT2D eigenvalue weighted by molar-refractivity contribution is 0.0950.